The Bertz CT molecular complexity index is 532. The molecule has 0 aliphatic rings. The Morgan fingerprint density at radius 2 is 1.95 bits per heavy atom. The molecule has 0 spiro atoms. The highest BCUT2D eigenvalue weighted by atomic mass is 32.2. The summed E-state index contributed by atoms with van der Waals surface area (Å²) in [5, 5.41) is 8.73. The van der Waals surface area contributed by atoms with Crippen molar-refractivity contribution in [3.05, 3.63) is 23.8 Å². The summed E-state index contributed by atoms with van der Waals surface area (Å²) in [6.07, 6.45) is 0. The first-order valence-electron chi connectivity index (χ1n) is 6.01. The van der Waals surface area contributed by atoms with Crippen molar-refractivity contribution in [2.24, 2.45) is 0 Å². The molecule has 0 saturated carbocycles. The minimum absolute atomic E-state index is 0.0226. The molecule has 0 unspecified atom stereocenters. The van der Waals surface area contributed by atoms with Gasteiger partial charge in [0.2, 0.25) is 10.0 Å². The standard InChI is InChI=1S/C13H21NO4S/c1-13(2,3)10-5-6-11(18-4)12(9-10)19(16,17)14-7-8-15/h5-6,9,14-15H,7-8H2,1-4H3. The zero-order chi connectivity index (χ0) is 14.7. The molecule has 1 aromatic rings. The van der Waals surface area contributed by atoms with E-state index in [1.165, 1.54) is 7.11 Å². The number of hydrogen-bond acceptors (Lipinski definition) is 4. The average molecular weight is 287 g/mol. The Morgan fingerprint density at radius 3 is 2.42 bits per heavy atom. The Morgan fingerprint density at radius 1 is 1.32 bits per heavy atom. The highest BCUT2D eigenvalue weighted by Crippen LogP contribution is 2.30. The molecule has 6 heteroatoms. The maximum absolute atomic E-state index is 12.1. The number of rotatable bonds is 5. The summed E-state index contributed by atoms with van der Waals surface area (Å²) in [7, 11) is -2.26. The summed E-state index contributed by atoms with van der Waals surface area (Å²) >= 11 is 0. The zero-order valence-electron chi connectivity index (χ0n) is 11.7. The monoisotopic (exact) mass is 287 g/mol. The zero-order valence-corrected chi connectivity index (χ0v) is 12.5. The number of ether oxygens (including phenoxy) is 1. The van der Waals surface area contributed by atoms with Crippen molar-refractivity contribution in [3.63, 3.8) is 0 Å². The third-order valence-corrected chi connectivity index (χ3v) is 4.21. The lowest BCUT2D eigenvalue weighted by atomic mass is 9.87. The lowest BCUT2D eigenvalue weighted by molar-refractivity contribution is 0.301. The first-order chi connectivity index (χ1) is 8.72. The molecule has 2 N–H and O–H groups in total. The molecule has 0 aliphatic heterocycles. The van der Waals surface area contributed by atoms with E-state index in [-0.39, 0.29) is 23.5 Å². The van der Waals surface area contributed by atoms with E-state index in [0.717, 1.165) is 5.56 Å². The van der Waals surface area contributed by atoms with Crippen molar-refractivity contribution < 1.29 is 18.3 Å². The molecule has 0 bridgehead atoms. The predicted molar refractivity (Wildman–Crippen MR) is 74.0 cm³/mol. The Balaban J connectivity index is 3.31. The van der Waals surface area contributed by atoms with Crippen molar-refractivity contribution in [2.45, 2.75) is 31.1 Å². The molecule has 1 aromatic carbocycles. The van der Waals surface area contributed by atoms with Gasteiger partial charge < -0.3 is 9.84 Å². The second-order valence-electron chi connectivity index (χ2n) is 5.24. The maximum atomic E-state index is 12.1. The van der Waals surface area contributed by atoms with Crippen LogP contribution in [0.2, 0.25) is 0 Å². The van der Waals surface area contributed by atoms with Crippen molar-refractivity contribution in [3.8, 4) is 5.75 Å². The number of hydrogen-bond donors (Lipinski definition) is 2. The van der Waals surface area contributed by atoms with Crippen LogP contribution in [0.3, 0.4) is 0 Å². The van der Waals surface area contributed by atoms with E-state index in [4.69, 9.17) is 9.84 Å². The summed E-state index contributed by atoms with van der Waals surface area (Å²) < 4.78 is 31.7. The van der Waals surface area contributed by atoms with E-state index < -0.39 is 10.0 Å². The summed E-state index contributed by atoms with van der Waals surface area (Å²) in [4.78, 5) is 0.0934. The predicted octanol–water partition coefficient (Wildman–Crippen LogP) is 1.26. The fraction of sp³-hybridized carbons (Fsp3) is 0.538. The largest absolute Gasteiger partial charge is 0.495 e. The fourth-order valence-corrected chi connectivity index (χ4v) is 2.82. The molecule has 0 saturated heterocycles. The highest BCUT2D eigenvalue weighted by Gasteiger charge is 2.23. The first kappa shape index (κ1) is 15.9. The molecule has 0 atom stereocenters. The second kappa shape index (κ2) is 5.90. The molecule has 0 aliphatic carbocycles. The van der Waals surface area contributed by atoms with Crippen LogP contribution in [-0.4, -0.2) is 33.8 Å². The number of methoxy groups -OCH3 is 1. The minimum atomic E-state index is -3.68. The molecule has 0 radical (unpaired) electrons. The quantitative estimate of drug-likeness (QED) is 0.855. The van der Waals surface area contributed by atoms with Gasteiger partial charge >= 0.3 is 0 Å². The first-order valence-corrected chi connectivity index (χ1v) is 7.49. The van der Waals surface area contributed by atoms with Gasteiger partial charge in [-0.3, -0.25) is 0 Å². The third kappa shape index (κ3) is 3.92. The van der Waals surface area contributed by atoms with Crippen LogP contribution >= 0.6 is 0 Å². The fourth-order valence-electron chi connectivity index (χ4n) is 1.61. The van der Waals surface area contributed by atoms with Gasteiger partial charge in [0.15, 0.2) is 0 Å². The van der Waals surface area contributed by atoms with E-state index >= 15 is 0 Å². The molecular formula is C13H21NO4S. The van der Waals surface area contributed by atoms with Gasteiger partial charge in [0.1, 0.15) is 10.6 Å². The van der Waals surface area contributed by atoms with Crippen LogP contribution in [0.1, 0.15) is 26.3 Å². The summed E-state index contributed by atoms with van der Waals surface area (Å²) in [5.41, 5.74) is 0.741. The smallest absolute Gasteiger partial charge is 0.244 e. The summed E-state index contributed by atoms with van der Waals surface area (Å²) in [6, 6.07) is 5.11. The van der Waals surface area contributed by atoms with Crippen LogP contribution in [0, 0.1) is 0 Å². The average Bonchev–Trinajstić information content (AvgIpc) is 2.34. The van der Waals surface area contributed by atoms with E-state index in [9.17, 15) is 8.42 Å². The van der Waals surface area contributed by atoms with Gasteiger partial charge in [-0.2, -0.15) is 0 Å². The Labute approximate surface area is 114 Å². The molecule has 19 heavy (non-hydrogen) atoms. The van der Waals surface area contributed by atoms with E-state index in [1.807, 2.05) is 26.8 Å². The van der Waals surface area contributed by atoms with Crippen LogP contribution < -0.4 is 9.46 Å². The third-order valence-electron chi connectivity index (χ3n) is 2.72. The van der Waals surface area contributed by atoms with Crippen molar-refractivity contribution in [1.29, 1.82) is 0 Å². The van der Waals surface area contributed by atoms with Crippen molar-refractivity contribution >= 4 is 10.0 Å². The molecule has 5 nitrogen and oxygen atoms in total. The van der Waals surface area contributed by atoms with Gasteiger partial charge in [0, 0.05) is 6.54 Å². The lowest BCUT2D eigenvalue weighted by Gasteiger charge is -2.21. The topological polar surface area (TPSA) is 75.6 Å². The maximum Gasteiger partial charge on any atom is 0.244 e. The van der Waals surface area contributed by atoms with Gasteiger partial charge in [-0.15, -0.1) is 0 Å². The van der Waals surface area contributed by atoms with Gasteiger partial charge in [0.05, 0.1) is 13.7 Å². The van der Waals surface area contributed by atoms with Crippen LogP contribution in [0.25, 0.3) is 0 Å². The Hall–Kier alpha value is -1.11. The van der Waals surface area contributed by atoms with E-state index in [1.54, 1.807) is 12.1 Å². The molecule has 0 fully saturated rings. The minimum Gasteiger partial charge on any atom is -0.495 e. The summed E-state index contributed by atoms with van der Waals surface area (Å²) in [5.74, 6) is 0.290. The molecule has 108 valence electrons. The van der Waals surface area contributed by atoms with Gasteiger partial charge in [-0.05, 0) is 23.1 Å². The van der Waals surface area contributed by atoms with Gasteiger partial charge in [0.25, 0.3) is 0 Å². The molecule has 0 aromatic heterocycles. The van der Waals surface area contributed by atoms with E-state index in [0.29, 0.717) is 5.75 Å². The summed E-state index contributed by atoms with van der Waals surface area (Å²) in [6.45, 7) is 5.75. The van der Waals surface area contributed by atoms with Crippen molar-refractivity contribution in [2.75, 3.05) is 20.3 Å². The second-order valence-corrected chi connectivity index (χ2v) is 6.97. The number of aliphatic hydroxyl groups excluding tert-OH is 1. The normalized spacial score (nSPS) is 12.5. The number of sulfonamides is 1. The van der Waals surface area contributed by atoms with Crippen LogP contribution in [0.4, 0.5) is 0 Å². The molecular weight excluding hydrogens is 266 g/mol. The SMILES string of the molecule is COc1ccc(C(C)(C)C)cc1S(=O)(=O)NCCO. The molecule has 1 rings (SSSR count). The van der Waals surface area contributed by atoms with Crippen LogP contribution in [-0.2, 0) is 15.4 Å². The van der Waals surface area contributed by atoms with Crippen LogP contribution in [0.5, 0.6) is 5.75 Å². The Kier molecular flexibility index (Phi) is 4.95. The lowest BCUT2D eigenvalue weighted by Crippen LogP contribution is -2.27. The highest BCUT2D eigenvalue weighted by molar-refractivity contribution is 7.89. The van der Waals surface area contributed by atoms with Crippen LogP contribution in [0.15, 0.2) is 23.1 Å². The number of aliphatic hydroxyl groups is 1. The molecule has 0 heterocycles. The molecule has 0 amide bonds. The number of benzene rings is 1. The van der Waals surface area contributed by atoms with E-state index in [2.05, 4.69) is 4.72 Å². The number of nitrogens with one attached hydrogen (secondary N) is 1. The van der Waals surface area contributed by atoms with Crippen molar-refractivity contribution in [1.82, 2.24) is 4.72 Å². The van der Waals surface area contributed by atoms with Gasteiger partial charge in [-0.25, -0.2) is 13.1 Å². The van der Waals surface area contributed by atoms with Gasteiger partial charge in [-0.1, -0.05) is 26.8 Å².